The lowest BCUT2D eigenvalue weighted by atomic mass is 9.86. The fraction of sp³-hybridized carbons (Fsp3) is 0.520. The minimum absolute atomic E-state index is 0.00698. The first-order chi connectivity index (χ1) is 17.7. The SMILES string of the molecule is CN1CCC(CNC(=O)Cn2ccc3ccc(F)cc32)(N(C)C)CC1.O=C(O)CC(O)(CC(=O)O)C(=O)O. The lowest BCUT2D eigenvalue weighted by molar-refractivity contribution is -0.170. The van der Waals surface area contributed by atoms with Gasteiger partial charge in [-0.2, -0.15) is 0 Å². The number of carbonyl (C=O) groups excluding carboxylic acids is 1. The van der Waals surface area contributed by atoms with E-state index in [1.54, 1.807) is 10.6 Å². The average Bonchev–Trinajstić information content (AvgIpc) is 3.19. The van der Waals surface area contributed by atoms with Gasteiger partial charge in [-0.25, -0.2) is 9.18 Å². The van der Waals surface area contributed by atoms with Gasteiger partial charge in [0.05, 0.1) is 18.4 Å². The van der Waals surface area contributed by atoms with Gasteiger partial charge in [0, 0.05) is 18.3 Å². The zero-order valence-corrected chi connectivity index (χ0v) is 21.7. The molecule has 2 aromatic rings. The van der Waals surface area contributed by atoms with Crippen LogP contribution >= 0.6 is 0 Å². The molecule has 1 aromatic heterocycles. The van der Waals surface area contributed by atoms with Crippen LogP contribution in [0.15, 0.2) is 30.5 Å². The van der Waals surface area contributed by atoms with Gasteiger partial charge in [0.15, 0.2) is 5.60 Å². The Balaban J connectivity index is 0.000000332. The highest BCUT2D eigenvalue weighted by atomic mass is 19.1. The third-order valence-electron chi connectivity index (χ3n) is 6.82. The molecule has 1 aliphatic heterocycles. The number of likely N-dealkylation sites (N-methyl/N-ethyl adjacent to an activating group) is 1. The second kappa shape index (κ2) is 12.8. The van der Waals surface area contributed by atoms with Crippen LogP contribution in [0.1, 0.15) is 25.7 Å². The molecule has 0 atom stereocenters. The van der Waals surface area contributed by atoms with Crippen molar-refractivity contribution in [2.75, 3.05) is 40.8 Å². The number of hydrogen-bond acceptors (Lipinski definition) is 7. The van der Waals surface area contributed by atoms with Crippen molar-refractivity contribution in [3.63, 3.8) is 0 Å². The van der Waals surface area contributed by atoms with Crippen LogP contribution in [-0.2, 0) is 25.7 Å². The van der Waals surface area contributed by atoms with Crippen molar-refractivity contribution in [3.8, 4) is 0 Å². The quantitative estimate of drug-likeness (QED) is 0.289. The van der Waals surface area contributed by atoms with E-state index >= 15 is 0 Å². The molecule has 0 unspecified atom stereocenters. The number of benzene rings is 1. The number of hydrogen-bond donors (Lipinski definition) is 5. The third-order valence-corrected chi connectivity index (χ3v) is 6.82. The van der Waals surface area contributed by atoms with Crippen molar-refractivity contribution in [1.29, 1.82) is 0 Å². The minimum Gasteiger partial charge on any atom is -0.481 e. The molecule has 1 saturated heterocycles. The molecule has 1 aromatic carbocycles. The maximum absolute atomic E-state index is 13.5. The number of aromatic nitrogens is 1. The Bertz CT molecular complexity index is 1140. The van der Waals surface area contributed by atoms with Crippen LogP contribution in [0.2, 0.25) is 0 Å². The zero-order valence-electron chi connectivity index (χ0n) is 21.7. The average molecular weight is 539 g/mol. The van der Waals surface area contributed by atoms with Crippen LogP contribution in [0.25, 0.3) is 10.9 Å². The summed E-state index contributed by atoms with van der Waals surface area (Å²) in [5.74, 6) is -5.35. The first kappa shape index (κ1) is 30.7. The molecule has 1 amide bonds. The Morgan fingerprint density at radius 2 is 1.63 bits per heavy atom. The van der Waals surface area contributed by atoms with Crippen LogP contribution in [-0.4, -0.2) is 111 Å². The highest BCUT2D eigenvalue weighted by molar-refractivity contribution is 5.88. The van der Waals surface area contributed by atoms with E-state index in [-0.39, 0.29) is 23.8 Å². The standard InChI is InChI=1S/C19H27FN4O.C6H8O7/c1-22(2)19(7-10-23(3)11-8-19)14-21-18(25)13-24-9-6-15-4-5-16(20)12-17(15)24;7-3(8)1-6(13,5(11)12)2-4(9)10/h4-6,9,12H,7-8,10-11,13-14H2,1-3H3,(H,21,25);13H,1-2H2,(H,7,8)(H,9,10)(H,11,12). The number of aliphatic carboxylic acids is 3. The van der Waals surface area contributed by atoms with Crippen LogP contribution in [0.5, 0.6) is 0 Å². The summed E-state index contributed by atoms with van der Waals surface area (Å²) in [6.45, 7) is 2.92. The van der Waals surface area contributed by atoms with Gasteiger partial charge in [0.1, 0.15) is 12.4 Å². The molecule has 210 valence electrons. The molecule has 38 heavy (non-hydrogen) atoms. The van der Waals surface area contributed by atoms with E-state index in [9.17, 15) is 23.6 Å². The molecule has 2 heterocycles. The van der Waals surface area contributed by atoms with Gasteiger partial charge in [0.25, 0.3) is 0 Å². The summed E-state index contributed by atoms with van der Waals surface area (Å²) in [6, 6.07) is 6.55. The molecule has 1 aliphatic rings. The van der Waals surface area contributed by atoms with Crippen molar-refractivity contribution in [3.05, 3.63) is 36.3 Å². The van der Waals surface area contributed by atoms with Crippen LogP contribution < -0.4 is 5.32 Å². The monoisotopic (exact) mass is 538 g/mol. The number of nitrogens with one attached hydrogen (secondary N) is 1. The fourth-order valence-corrected chi connectivity index (χ4v) is 4.30. The molecular weight excluding hydrogens is 503 g/mol. The van der Waals surface area contributed by atoms with Gasteiger partial charge in [-0.15, -0.1) is 0 Å². The van der Waals surface area contributed by atoms with Crippen LogP contribution in [0.4, 0.5) is 4.39 Å². The Labute approximate surface area is 219 Å². The van der Waals surface area contributed by atoms with E-state index in [2.05, 4.69) is 36.3 Å². The highest BCUT2D eigenvalue weighted by Gasteiger charge is 2.41. The summed E-state index contributed by atoms with van der Waals surface area (Å²) in [4.78, 5) is 47.5. The number of amides is 1. The number of likely N-dealkylation sites (tertiary alicyclic amines) is 1. The van der Waals surface area contributed by atoms with E-state index in [1.807, 2.05) is 12.3 Å². The number of carbonyl (C=O) groups is 4. The summed E-state index contributed by atoms with van der Waals surface area (Å²) < 4.78 is 15.3. The summed E-state index contributed by atoms with van der Waals surface area (Å²) >= 11 is 0. The number of fused-ring (bicyclic) bond motifs is 1. The lowest BCUT2D eigenvalue weighted by Gasteiger charge is -2.45. The normalized spacial score (nSPS) is 15.5. The maximum Gasteiger partial charge on any atom is 0.336 e. The summed E-state index contributed by atoms with van der Waals surface area (Å²) in [6.07, 6.45) is 1.62. The second-order valence-corrected chi connectivity index (χ2v) is 9.82. The molecule has 0 radical (unpaired) electrons. The smallest absolute Gasteiger partial charge is 0.336 e. The van der Waals surface area contributed by atoms with Gasteiger partial charge in [-0.05, 0) is 76.7 Å². The summed E-state index contributed by atoms with van der Waals surface area (Å²) in [5.41, 5.74) is -1.98. The van der Waals surface area contributed by atoms with Gasteiger partial charge in [0.2, 0.25) is 5.91 Å². The third kappa shape index (κ3) is 8.23. The summed E-state index contributed by atoms with van der Waals surface area (Å²) in [7, 11) is 6.30. The molecular formula is C25H35FN4O8. The van der Waals surface area contributed by atoms with Gasteiger partial charge < -0.3 is 40.1 Å². The van der Waals surface area contributed by atoms with Gasteiger partial charge in [-0.1, -0.05) is 0 Å². The first-order valence-electron chi connectivity index (χ1n) is 11.9. The highest BCUT2D eigenvalue weighted by Crippen LogP contribution is 2.26. The van der Waals surface area contributed by atoms with E-state index in [4.69, 9.17) is 20.4 Å². The predicted octanol–water partition coefficient (Wildman–Crippen LogP) is 0.674. The van der Waals surface area contributed by atoms with Crippen molar-refractivity contribution >= 4 is 34.7 Å². The predicted molar refractivity (Wildman–Crippen MR) is 135 cm³/mol. The number of carboxylic acids is 3. The Morgan fingerprint density at radius 1 is 1.05 bits per heavy atom. The Kier molecular flexibility index (Phi) is 10.3. The molecule has 0 saturated carbocycles. The number of carboxylic acid groups (broad SMARTS) is 3. The second-order valence-electron chi connectivity index (χ2n) is 9.82. The molecule has 3 rings (SSSR count). The molecule has 1 fully saturated rings. The molecule has 0 aliphatic carbocycles. The van der Waals surface area contributed by atoms with Crippen LogP contribution in [0.3, 0.4) is 0 Å². The van der Waals surface area contributed by atoms with Crippen molar-refractivity contribution in [1.82, 2.24) is 19.7 Å². The van der Waals surface area contributed by atoms with Crippen molar-refractivity contribution in [2.45, 2.75) is 43.4 Å². The van der Waals surface area contributed by atoms with E-state index in [0.29, 0.717) is 6.54 Å². The van der Waals surface area contributed by atoms with Crippen molar-refractivity contribution < 1.29 is 44.0 Å². The molecule has 12 nitrogen and oxygen atoms in total. The Hall–Kier alpha value is -3.55. The number of halogens is 1. The van der Waals surface area contributed by atoms with Gasteiger partial charge in [-0.3, -0.25) is 14.4 Å². The maximum atomic E-state index is 13.5. The van der Waals surface area contributed by atoms with E-state index in [1.165, 1.54) is 12.1 Å². The minimum atomic E-state index is -2.74. The largest absolute Gasteiger partial charge is 0.481 e. The molecule has 13 heteroatoms. The molecule has 5 N–H and O–H groups in total. The molecule has 0 bridgehead atoms. The Morgan fingerprint density at radius 3 is 2.13 bits per heavy atom. The summed E-state index contributed by atoms with van der Waals surface area (Å²) in [5, 5.41) is 37.8. The van der Waals surface area contributed by atoms with E-state index in [0.717, 1.165) is 36.8 Å². The number of rotatable bonds is 10. The van der Waals surface area contributed by atoms with Crippen molar-refractivity contribution in [2.24, 2.45) is 0 Å². The lowest BCUT2D eigenvalue weighted by Crippen LogP contribution is -2.58. The number of piperidine rings is 1. The zero-order chi connectivity index (χ0) is 28.7. The first-order valence-corrected chi connectivity index (χ1v) is 11.9. The van der Waals surface area contributed by atoms with Crippen LogP contribution in [0, 0.1) is 5.82 Å². The fourth-order valence-electron chi connectivity index (χ4n) is 4.30. The van der Waals surface area contributed by atoms with E-state index < -0.39 is 36.4 Å². The topological polar surface area (TPSA) is 173 Å². The number of nitrogens with zero attached hydrogens (tertiary/aromatic N) is 3. The number of aliphatic hydroxyl groups is 1. The molecule has 0 spiro atoms. The van der Waals surface area contributed by atoms with Gasteiger partial charge >= 0.3 is 17.9 Å².